The molecule has 0 aromatic carbocycles. The predicted molar refractivity (Wildman–Crippen MR) is 118 cm³/mol. The van der Waals surface area contributed by atoms with E-state index < -0.39 is 0 Å². The van der Waals surface area contributed by atoms with Crippen molar-refractivity contribution in [3.8, 4) is 0 Å². The van der Waals surface area contributed by atoms with Crippen molar-refractivity contribution in [1.29, 1.82) is 0 Å². The Labute approximate surface area is 179 Å². The molecule has 4 N–H and O–H groups in total. The van der Waals surface area contributed by atoms with Gasteiger partial charge >= 0.3 is 0 Å². The van der Waals surface area contributed by atoms with E-state index in [9.17, 15) is 4.79 Å². The van der Waals surface area contributed by atoms with Crippen molar-refractivity contribution in [2.45, 2.75) is 23.9 Å². The van der Waals surface area contributed by atoms with Crippen LogP contribution in [0.15, 0.2) is 40.5 Å². The van der Waals surface area contributed by atoms with Gasteiger partial charge in [0.2, 0.25) is 5.91 Å². The van der Waals surface area contributed by atoms with Crippen LogP contribution >= 0.6 is 11.8 Å². The third kappa shape index (κ3) is 6.71. The van der Waals surface area contributed by atoms with E-state index in [1.54, 1.807) is 12.3 Å². The molecule has 10 nitrogen and oxygen atoms in total. The number of hydrogen-bond donors (Lipinski definition) is 4. The van der Waals surface area contributed by atoms with Crippen LogP contribution in [0.3, 0.4) is 0 Å². The van der Waals surface area contributed by atoms with Gasteiger partial charge in [-0.2, -0.15) is 5.10 Å². The maximum atomic E-state index is 11.1. The Morgan fingerprint density at radius 1 is 1.13 bits per heavy atom. The fraction of sp³-hybridized carbons (Fsp3) is 0.316. The molecule has 0 aliphatic heterocycles. The first-order chi connectivity index (χ1) is 14.4. The monoisotopic (exact) mass is 427 g/mol. The van der Waals surface area contributed by atoms with Gasteiger partial charge in [0.05, 0.1) is 0 Å². The zero-order chi connectivity index (χ0) is 21.5. The number of carbonyl (C=O) groups excluding carboxylic acids is 1. The molecule has 158 valence electrons. The molecule has 3 aromatic rings. The largest absolute Gasteiger partial charge is 0.369 e. The Hall–Kier alpha value is -3.18. The number of pyridine rings is 1. The molecule has 0 spiro atoms. The van der Waals surface area contributed by atoms with Gasteiger partial charge in [-0.3, -0.25) is 9.89 Å². The molecular formula is C19H25N9OS. The molecule has 3 rings (SSSR count). The third-order valence-corrected chi connectivity index (χ3v) is 4.62. The summed E-state index contributed by atoms with van der Waals surface area (Å²) < 4.78 is 0. The van der Waals surface area contributed by atoms with Crippen molar-refractivity contribution >= 4 is 40.9 Å². The van der Waals surface area contributed by atoms with Crippen molar-refractivity contribution in [3.63, 3.8) is 0 Å². The smallest absolute Gasteiger partial charge is 0.222 e. The second kappa shape index (κ2) is 10.0. The molecule has 1 amide bonds. The van der Waals surface area contributed by atoms with Crippen molar-refractivity contribution in [2.75, 3.05) is 43.1 Å². The highest BCUT2D eigenvalue weighted by molar-refractivity contribution is 7.99. The van der Waals surface area contributed by atoms with Crippen molar-refractivity contribution in [1.82, 2.24) is 30.0 Å². The lowest BCUT2D eigenvalue weighted by Crippen LogP contribution is -2.21. The molecule has 0 radical (unpaired) electrons. The van der Waals surface area contributed by atoms with E-state index in [0.29, 0.717) is 28.4 Å². The highest BCUT2D eigenvalue weighted by Gasteiger charge is 2.09. The van der Waals surface area contributed by atoms with Gasteiger partial charge < -0.3 is 20.9 Å². The first-order valence-corrected chi connectivity index (χ1v) is 10.2. The summed E-state index contributed by atoms with van der Waals surface area (Å²) >= 11 is 1.38. The van der Waals surface area contributed by atoms with Crippen molar-refractivity contribution < 1.29 is 4.79 Å². The summed E-state index contributed by atoms with van der Waals surface area (Å²) in [6.45, 7) is 5.01. The number of nitrogens with zero attached hydrogens (tertiary/aromatic N) is 5. The van der Waals surface area contributed by atoms with Gasteiger partial charge in [-0.1, -0.05) is 0 Å². The number of aromatic amines is 1. The molecule has 11 heteroatoms. The van der Waals surface area contributed by atoms with Crippen LogP contribution < -0.4 is 16.0 Å². The summed E-state index contributed by atoms with van der Waals surface area (Å²) in [5.74, 6) is 2.37. The van der Waals surface area contributed by atoms with E-state index in [1.165, 1.54) is 18.7 Å². The average molecular weight is 428 g/mol. The average Bonchev–Trinajstić information content (AvgIpc) is 3.07. The van der Waals surface area contributed by atoms with Gasteiger partial charge in [0, 0.05) is 48.9 Å². The Bertz CT molecular complexity index is 988. The number of H-pyrrole nitrogens is 1. The second-order valence-corrected chi connectivity index (χ2v) is 7.92. The Morgan fingerprint density at radius 2 is 1.93 bits per heavy atom. The maximum Gasteiger partial charge on any atom is 0.222 e. The maximum absolute atomic E-state index is 11.1. The molecule has 0 aliphatic rings. The van der Waals surface area contributed by atoms with E-state index in [-0.39, 0.29) is 5.91 Å². The minimum Gasteiger partial charge on any atom is -0.369 e. The molecule has 3 aromatic heterocycles. The fourth-order valence-electron chi connectivity index (χ4n) is 2.45. The molecule has 0 fully saturated rings. The molecular weight excluding hydrogens is 402 g/mol. The van der Waals surface area contributed by atoms with Gasteiger partial charge in [0.1, 0.15) is 17.5 Å². The first kappa shape index (κ1) is 21.5. The normalized spacial score (nSPS) is 10.8. The van der Waals surface area contributed by atoms with E-state index in [1.807, 2.05) is 39.2 Å². The van der Waals surface area contributed by atoms with Gasteiger partial charge in [0.25, 0.3) is 0 Å². The fourth-order valence-corrected chi connectivity index (χ4v) is 3.19. The van der Waals surface area contributed by atoms with E-state index >= 15 is 0 Å². The molecule has 0 saturated heterocycles. The minimum absolute atomic E-state index is 0.160. The quantitative estimate of drug-likeness (QED) is 0.382. The van der Waals surface area contributed by atoms with Gasteiger partial charge in [0.15, 0.2) is 11.0 Å². The highest BCUT2D eigenvalue weighted by Crippen LogP contribution is 2.28. The Kier molecular flexibility index (Phi) is 7.20. The molecule has 0 saturated carbocycles. The third-order valence-electron chi connectivity index (χ3n) is 3.78. The van der Waals surface area contributed by atoms with Crippen molar-refractivity contribution in [2.24, 2.45) is 0 Å². The van der Waals surface area contributed by atoms with Crippen molar-refractivity contribution in [3.05, 3.63) is 36.2 Å². The van der Waals surface area contributed by atoms with E-state index in [4.69, 9.17) is 0 Å². The van der Waals surface area contributed by atoms with Crippen LogP contribution in [-0.2, 0) is 4.79 Å². The lowest BCUT2D eigenvalue weighted by molar-refractivity contribution is -0.114. The summed E-state index contributed by atoms with van der Waals surface area (Å²) in [4.78, 5) is 27.5. The summed E-state index contributed by atoms with van der Waals surface area (Å²) in [6, 6.07) is 7.36. The lowest BCUT2D eigenvalue weighted by Gasteiger charge is -2.13. The molecule has 0 unspecified atom stereocenters. The molecule has 30 heavy (non-hydrogen) atoms. The Balaban J connectivity index is 1.78. The highest BCUT2D eigenvalue weighted by atomic mass is 32.2. The summed E-state index contributed by atoms with van der Waals surface area (Å²) in [7, 11) is 4.04. The lowest BCUT2D eigenvalue weighted by atomic mass is 10.4. The number of anilines is 4. The van der Waals surface area contributed by atoms with Crippen LogP contribution in [0.5, 0.6) is 0 Å². The number of amides is 1. The number of hydrogen-bond acceptors (Lipinski definition) is 9. The summed E-state index contributed by atoms with van der Waals surface area (Å²) in [5.41, 5.74) is 0.954. The van der Waals surface area contributed by atoms with Crippen LogP contribution in [0.25, 0.3) is 0 Å². The summed E-state index contributed by atoms with van der Waals surface area (Å²) in [5, 5.41) is 16.8. The minimum atomic E-state index is -0.160. The topological polar surface area (TPSA) is 124 Å². The number of carbonyl (C=O) groups is 1. The number of likely N-dealkylation sites (N-methyl/N-ethyl adjacent to an activating group) is 1. The number of nitrogens with one attached hydrogen (secondary N) is 4. The Morgan fingerprint density at radius 3 is 2.57 bits per heavy atom. The SMILES string of the molecule is CC(=O)Nc1ccc(Sc2nc(NCCN(C)C)cc(Nc3cc(C)[nH]n3)n2)cn1. The molecule has 0 atom stereocenters. The van der Waals surface area contributed by atoms with E-state index in [0.717, 1.165) is 23.7 Å². The van der Waals surface area contributed by atoms with Gasteiger partial charge in [-0.25, -0.2) is 15.0 Å². The zero-order valence-corrected chi connectivity index (χ0v) is 18.2. The van der Waals surface area contributed by atoms with Crippen LogP contribution in [0.2, 0.25) is 0 Å². The van der Waals surface area contributed by atoms with E-state index in [2.05, 4.69) is 46.0 Å². The number of rotatable bonds is 9. The summed E-state index contributed by atoms with van der Waals surface area (Å²) in [6.07, 6.45) is 1.68. The second-order valence-electron chi connectivity index (χ2n) is 6.87. The molecule has 0 aliphatic carbocycles. The first-order valence-electron chi connectivity index (χ1n) is 9.35. The van der Waals surface area contributed by atoms with Crippen LogP contribution in [0.4, 0.5) is 23.3 Å². The van der Waals surface area contributed by atoms with Crippen LogP contribution in [0, 0.1) is 6.92 Å². The standard InChI is InChI=1S/C19H25N9OS/c1-12-9-18(27-26-12)23-17-10-16(20-7-8-28(3)4)24-19(25-17)30-14-5-6-15(21-11-14)22-13(2)29/h5-6,9-11H,7-8H2,1-4H3,(H,21,22,29)(H3,20,23,24,25,26,27). The van der Waals surface area contributed by atoms with Crippen LogP contribution in [0.1, 0.15) is 12.6 Å². The number of aromatic nitrogens is 5. The van der Waals surface area contributed by atoms with Gasteiger partial charge in [-0.05, 0) is 44.9 Å². The van der Waals surface area contributed by atoms with Gasteiger partial charge in [-0.15, -0.1) is 0 Å². The van der Waals surface area contributed by atoms with Crippen LogP contribution in [-0.4, -0.2) is 63.1 Å². The predicted octanol–water partition coefficient (Wildman–Crippen LogP) is 2.73. The number of aryl methyl sites for hydroxylation is 1. The zero-order valence-electron chi connectivity index (χ0n) is 17.4. The molecule has 0 bridgehead atoms. The molecule has 3 heterocycles.